The lowest BCUT2D eigenvalue weighted by molar-refractivity contribution is -0.137. The van der Waals surface area contributed by atoms with Gasteiger partial charge in [-0.15, -0.1) is 0 Å². The molecule has 1 aromatic heterocycles. The van der Waals surface area contributed by atoms with Crippen molar-refractivity contribution in [2.75, 3.05) is 12.3 Å². The molecule has 9 heteroatoms. The number of cyclic esters (lactones) is 1. The molecule has 1 spiro atoms. The van der Waals surface area contributed by atoms with Crippen LogP contribution >= 0.6 is 0 Å². The van der Waals surface area contributed by atoms with Crippen LogP contribution in [0.4, 0.5) is 5.82 Å². The van der Waals surface area contributed by atoms with E-state index in [-0.39, 0.29) is 59.4 Å². The molecule has 9 nitrogen and oxygen atoms in total. The Morgan fingerprint density at radius 1 is 1.02 bits per heavy atom. The molecule has 260 valence electrons. The quantitative estimate of drug-likeness (QED) is 0.237. The van der Waals surface area contributed by atoms with Crippen LogP contribution in [0.3, 0.4) is 0 Å². The van der Waals surface area contributed by atoms with Gasteiger partial charge in [-0.25, -0.2) is 14.6 Å². The normalized spacial score (nSPS) is 33.4. The number of aromatic nitrogens is 1. The second kappa shape index (κ2) is 11.4. The molecule has 0 aromatic carbocycles. The standard InChI is InChI=1S/C41H45N3O6/c1-3-5-8-28-41-17-13-24(25-19-23-9-10-27(40(4-2)15-6-7-16-40)37-32(23)34(35(25)41)38(47)50-37)33(36(41)39(48)49-28)26(22-14-18-43-29(42)20-22)21-44-30(45)11-12-31(44)46/h8,11-12,14,18,20,23-26,35H,3-7,9-10,13,15-17,19,21H2,1-2H3,(H2,42,43). The lowest BCUT2D eigenvalue weighted by atomic mass is 9.42. The van der Waals surface area contributed by atoms with Crippen LogP contribution < -0.4 is 5.73 Å². The summed E-state index contributed by atoms with van der Waals surface area (Å²) in [4.78, 5) is 60.3. The largest absolute Gasteiger partial charge is 0.427 e. The molecule has 2 N–H and O–H groups in total. The highest BCUT2D eigenvalue weighted by Gasteiger charge is 2.70. The van der Waals surface area contributed by atoms with Gasteiger partial charge in [-0.05, 0) is 116 Å². The molecule has 1 aromatic rings. The molecule has 3 aliphatic heterocycles. The fourth-order valence-electron chi connectivity index (χ4n) is 11.9. The number of ether oxygens (including phenoxy) is 2. The number of nitrogens with two attached hydrogens (primary N) is 1. The van der Waals surface area contributed by atoms with Gasteiger partial charge in [0.1, 0.15) is 17.3 Å². The Bertz CT molecular complexity index is 1890. The number of hydrogen-bond donors (Lipinski definition) is 1. The fourth-order valence-corrected chi connectivity index (χ4v) is 11.9. The summed E-state index contributed by atoms with van der Waals surface area (Å²) in [6, 6.07) is 3.66. The Labute approximate surface area is 292 Å². The van der Waals surface area contributed by atoms with Crippen molar-refractivity contribution in [2.45, 2.75) is 96.8 Å². The molecule has 2 bridgehead atoms. The highest BCUT2D eigenvalue weighted by Crippen LogP contribution is 2.73. The number of amides is 2. The van der Waals surface area contributed by atoms with Gasteiger partial charge in [0, 0.05) is 47.9 Å². The topological polar surface area (TPSA) is 129 Å². The van der Waals surface area contributed by atoms with Crippen molar-refractivity contribution in [1.29, 1.82) is 0 Å². The SMILES string of the molecule is CCCC=C1OC(=O)C2=C(C(CN3C(=O)C=CC3=O)c3ccnc(N)c3)C3CCC12C1C2=C4C(=C(C5(CC)CCCC5)CCC4CC31)OC2=O. The Kier molecular flexibility index (Phi) is 7.21. The summed E-state index contributed by atoms with van der Waals surface area (Å²) < 4.78 is 12.8. The van der Waals surface area contributed by atoms with Gasteiger partial charge in [0.15, 0.2) is 0 Å². The molecular weight excluding hydrogens is 630 g/mol. The van der Waals surface area contributed by atoms with Gasteiger partial charge in [0.05, 0.1) is 11.0 Å². The Morgan fingerprint density at radius 3 is 2.52 bits per heavy atom. The molecule has 1 saturated heterocycles. The number of anilines is 1. The molecule has 2 saturated carbocycles. The summed E-state index contributed by atoms with van der Waals surface area (Å²) in [6.07, 6.45) is 18.0. The predicted molar refractivity (Wildman–Crippen MR) is 184 cm³/mol. The number of nitrogen functional groups attached to an aromatic ring is 1. The smallest absolute Gasteiger partial charge is 0.340 e. The van der Waals surface area contributed by atoms with Crippen molar-refractivity contribution < 1.29 is 28.7 Å². The number of allylic oxidation sites excluding steroid dienone is 4. The molecule has 6 unspecified atom stereocenters. The van der Waals surface area contributed by atoms with Crippen molar-refractivity contribution in [3.05, 3.63) is 81.5 Å². The molecule has 9 aliphatic rings. The van der Waals surface area contributed by atoms with Crippen LogP contribution in [-0.2, 0) is 28.7 Å². The number of fused-ring (bicyclic) bond motifs is 1. The Hall–Kier alpha value is -4.27. The van der Waals surface area contributed by atoms with Crippen LogP contribution in [-0.4, -0.2) is 40.2 Å². The van der Waals surface area contributed by atoms with Gasteiger partial charge in [-0.1, -0.05) is 33.1 Å². The Morgan fingerprint density at radius 2 is 1.80 bits per heavy atom. The minimum Gasteiger partial charge on any atom is -0.427 e. The summed E-state index contributed by atoms with van der Waals surface area (Å²) in [6.45, 7) is 4.46. The molecule has 4 heterocycles. The maximum atomic E-state index is 14.4. The van der Waals surface area contributed by atoms with Crippen molar-refractivity contribution in [2.24, 2.45) is 34.5 Å². The van der Waals surface area contributed by atoms with E-state index in [4.69, 9.17) is 15.2 Å². The van der Waals surface area contributed by atoms with E-state index in [0.29, 0.717) is 23.6 Å². The number of unbranched alkanes of at least 4 members (excludes halogenated alkanes) is 1. The summed E-state index contributed by atoms with van der Waals surface area (Å²) >= 11 is 0. The minimum atomic E-state index is -0.829. The summed E-state index contributed by atoms with van der Waals surface area (Å²) in [5.41, 5.74) is 11.1. The number of carbonyl (C=O) groups excluding carboxylic acids is 4. The van der Waals surface area contributed by atoms with E-state index in [0.717, 1.165) is 85.8 Å². The van der Waals surface area contributed by atoms with Crippen molar-refractivity contribution >= 4 is 29.6 Å². The lowest BCUT2D eigenvalue weighted by Gasteiger charge is -2.58. The van der Waals surface area contributed by atoms with Gasteiger partial charge in [0.25, 0.3) is 11.8 Å². The molecule has 0 radical (unpaired) electrons. The summed E-state index contributed by atoms with van der Waals surface area (Å²) in [7, 11) is 0. The van der Waals surface area contributed by atoms with Gasteiger partial charge in [-0.2, -0.15) is 0 Å². The number of hydrogen-bond acceptors (Lipinski definition) is 8. The molecule has 2 amide bonds. The fraction of sp³-hybridized carbons (Fsp3) is 0.537. The van der Waals surface area contributed by atoms with Crippen LogP contribution in [0, 0.1) is 34.5 Å². The molecular formula is C41H45N3O6. The average molecular weight is 676 g/mol. The van der Waals surface area contributed by atoms with Gasteiger partial charge in [-0.3, -0.25) is 14.5 Å². The first-order valence-corrected chi connectivity index (χ1v) is 18.8. The zero-order chi connectivity index (χ0) is 34.5. The van der Waals surface area contributed by atoms with E-state index in [2.05, 4.69) is 24.9 Å². The van der Waals surface area contributed by atoms with Crippen LogP contribution in [0.25, 0.3) is 0 Å². The third kappa shape index (κ3) is 4.21. The van der Waals surface area contributed by atoms with E-state index >= 15 is 0 Å². The lowest BCUT2D eigenvalue weighted by Crippen LogP contribution is -2.54. The number of rotatable bonds is 8. The van der Waals surface area contributed by atoms with Gasteiger partial charge >= 0.3 is 11.9 Å². The molecule has 6 aliphatic carbocycles. The maximum Gasteiger partial charge on any atom is 0.340 e. The van der Waals surface area contributed by atoms with E-state index in [1.807, 2.05) is 6.07 Å². The van der Waals surface area contributed by atoms with Gasteiger partial charge in [0.2, 0.25) is 0 Å². The van der Waals surface area contributed by atoms with E-state index in [1.165, 1.54) is 35.5 Å². The third-order valence-corrected chi connectivity index (χ3v) is 13.9. The number of carbonyl (C=O) groups is 4. The molecule has 10 rings (SSSR count). The van der Waals surface area contributed by atoms with Gasteiger partial charge < -0.3 is 15.2 Å². The van der Waals surface area contributed by atoms with Crippen LogP contribution in [0.2, 0.25) is 0 Å². The predicted octanol–water partition coefficient (Wildman–Crippen LogP) is 6.74. The van der Waals surface area contributed by atoms with Crippen molar-refractivity contribution in [3.8, 4) is 0 Å². The van der Waals surface area contributed by atoms with E-state index in [9.17, 15) is 19.2 Å². The first-order chi connectivity index (χ1) is 24.2. The number of nitrogens with zero attached hydrogens (tertiary/aromatic N) is 2. The maximum absolute atomic E-state index is 14.4. The molecule has 3 fully saturated rings. The van der Waals surface area contributed by atoms with Crippen LogP contribution in [0.15, 0.2) is 75.9 Å². The zero-order valence-corrected chi connectivity index (χ0v) is 29.0. The first-order valence-electron chi connectivity index (χ1n) is 18.8. The second-order valence-electron chi connectivity index (χ2n) is 15.9. The zero-order valence-electron chi connectivity index (χ0n) is 29.0. The summed E-state index contributed by atoms with van der Waals surface area (Å²) in [5.74, 6) is -0.0440. The summed E-state index contributed by atoms with van der Waals surface area (Å²) in [5, 5.41) is 0. The highest BCUT2D eigenvalue weighted by atomic mass is 16.6. The van der Waals surface area contributed by atoms with Crippen LogP contribution in [0.1, 0.15) is 102 Å². The monoisotopic (exact) mass is 675 g/mol. The van der Waals surface area contributed by atoms with E-state index < -0.39 is 11.3 Å². The minimum absolute atomic E-state index is 0.0526. The van der Waals surface area contributed by atoms with Crippen molar-refractivity contribution in [3.63, 3.8) is 0 Å². The van der Waals surface area contributed by atoms with Crippen molar-refractivity contribution in [1.82, 2.24) is 9.88 Å². The second-order valence-corrected chi connectivity index (χ2v) is 15.9. The first kappa shape index (κ1) is 31.7. The number of imide groups is 1. The van der Waals surface area contributed by atoms with E-state index in [1.54, 1.807) is 12.3 Å². The average Bonchev–Trinajstić information content (AvgIpc) is 3.88. The Balaban J connectivity index is 1.27. The van der Waals surface area contributed by atoms with Crippen LogP contribution in [0.5, 0.6) is 0 Å². The molecule has 6 atom stereocenters. The highest BCUT2D eigenvalue weighted by molar-refractivity contribution is 6.13. The third-order valence-electron chi connectivity index (χ3n) is 13.9. The number of esters is 2. The number of pyridine rings is 1. The molecule has 50 heavy (non-hydrogen) atoms.